The molecule has 4 aromatic rings. The maximum absolute atomic E-state index is 14.1. The largest absolute Gasteiger partial charge is 0.350 e. The van der Waals surface area contributed by atoms with Gasteiger partial charge in [0.05, 0.1) is 12.2 Å². The minimum atomic E-state index is -0.979. The molecule has 0 aliphatic heterocycles. The summed E-state index contributed by atoms with van der Waals surface area (Å²) >= 11 is 0. The lowest BCUT2D eigenvalue weighted by Gasteiger charge is -2.10. The molecule has 0 saturated carbocycles. The second-order valence-electron chi connectivity index (χ2n) is 6.56. The lowest BCUT2D eigenvalue weighted by molar-refractivity contribution is 0.0949. The number of para-hydroxylation sites is 1. The number of amides is 1. The molecular weight excluding hydrogens is 421 g/mol. The van der Waals surface area contributed by atoms with E-state index < -0.39 is 28.5 Å². The molecule has 0 radical (unpaired) electrons. The Morgan fingerprint density at radius 1 is 1.09 bits per heavy atom. The normalized spacial score (nSPS) is 10.8. The predicted octanol–water partition coefficient (Wildman–Crippen LogP) is -0.163. The van der Waals surface area contributed by atoms with Crippen LogP contribution in [0.5, 0.6) is 0 Å². The highest BCUT2D eigenvalue weighted by Gasteiger charge is 2.17. The Kier molecular flexibility index (Phi) is 5.57. The summed E-state index contributed by atoms with van der Waals surface area (Å²) in [6, 6.07) is 9.74. The minimum absolute atomic E-state index is 0.0184. The zero-order chi connectivity index (χ0) is 22.7. The summed E-state index contributed by atoms with van der Waals surface area (Å²) in [7, 11) is 0. The van der Waals surface area contributed by atoms with Crippen molar-refractivity contribution in [2.75, 3.05) is 6.54 Å². The second-order valence-corrected chi connectivity index (χ2v) is 6.56. The van der Waals surface area contributed by atoms with Gasteiger partial charge in [-0.3, -0.25) is 14.4 Å². The van der Waals surface area contributed by atoms with Gasteiger partial charge in [-0.15, -0.1) is 5.10 Å². The van der Waals surface area contributed by atoms with Crippen molar-refractivity contribution < 1.29 is 9.18 Å². The van der Waals surface area contributed by atoms with Crippen molar-refractivity contribution in [3.63, 3.8) is 0 Å². The first kappa shape index (κ1) is 20.7. The number of carbonyl (C=O) groups excluding carboxylic acids is 1. The summed E-state index contributed by atoms with van der Waals surface area (Å²) in [6.45, 7) is -0.0168. The quantitative estimate of drug-likeness (QED) is 0.430. The van der Waals surface area contributed by atoms with Gasteiger partial charge >= 0.3 is 5.69 Å². The lowest BCUT2D eigenvalue weighted by Crippen LogP contribution is -2.41. The van der Waals surface area contributed by atoms with Gasteiger partial charge in [-0.05, 0) is 24.3 Å². The van der Waals surface area contributed by atoms with E-state index in [0.29, 0.717) is 10.4 Å². The molecular formula is C20H16FN7O4. The van der Waals surface area contributed by atoms with E-state index in [9.17, 15) is 23.6 Å². The fourth-order valence-electron chi connectivity index (χ4n) is 2.98. The van der Waals surface area contributed by atoms with Crippen molar-refractivity contribution >= 4 is 5.91 Å². The Hall–Kier alpha value is -4.61. The Morgan fingerprint density at radius 3 is 2.66 bits per heavy atom. The van der Waals surface area contributed by atoms with Gasteiger partial charge in [-0.2, -0.15) is 5.10 Å². The molecule has 3 aromatic heterocycles. The van der Waals surface area contributed by atoms with Crippen molar-refractivity contribution in [3.05, 3.63) is 104 Å². The fraction of sp³-hybridized carbons (Fsp3) is 0.100. The van der Waals surface area contributed by atoms with E-state index in [1.807, 2.05) is 0 Å². The van der Waals surface area contributed by atoms with Gasteiger partial charge in [0.15, 0.2) is 5.82 Å². The van der Waals surface area contributed by atoms with Gasteiger partial charge in [0, 0.05) is 31.2 Å². The average molecular weight is 437 g/mol. The van der Waals surface area contributed by atoms with Gasteiger partial charge in [-0.1, -0.05) is 12.1 Å². The van der Waals surface area contributed by atoms with Crippen molar-refractivity contribution in [3.8, 4) is 11.5 Å². The number of carbonyl (C=O) groups is 1. The van der Waals surface area contributed by atoms with E-state index in [-0.39, 0.29) is 24.3 Å². The molecule has 2 N–H and O–H groups in total. The highest BCUT2D eigenvalue weighted by molar-refractivity contribution is 5.93. The van der Waals surface area contributed by atoms with Crippen LogP contribution < -0.4 is 22.1 Å². The smallest absolute Gasteiger partial charge is 0.333 e. The van der Waals surface area contributed by atoms with Crippen LogP contribution in [-0.2, 0) is 6.54 Å². The Balaban J connectivity index is 1.53. The summed E-state index contributed by atoms with van der Waals surface area (Å²) in [5, 5.41) is 10.7. The van der Waals surface area contributed by atoms with E-state index in [1.165, 1.54) is 35.0 Å². The highest BCUT2D eigenvalue weighted by atomic mass is 19.1. The van der Waals surface area contributed by atoms with Crippen molar-refractivity contribution in [1.82, 2.24) is 34.4 Å². The molecule has 11 nitrogen and oxygen atoms in total. The summed E-state index contributed by atoms with van der Waals surface area (Å²) < 4.78 is 17.2. The molecule has 4 rings (SSSR count). The summed E-state index contributed by atoms with van der Waals surface area (Å²) in [5.74, 6) is -1.18. The molecule has 12 heteroatoms. The fourth-order valence-corrected chi connectivity index (χ4v) is 2.98. The standard InChI is InChI=1S/C20H16FN7O4/c21-14-4-1-2-5-15(14)28-19(31)13(12-23-20(28)32)18(30)22-9-11-27-17(29)7-6-16(25-27)26-10-3-8-24-26/h1-8,10,12H,9,11H2,(H,22,30)(H,23,32). The van der Waals surface area contributed by atoms with Gasteiger partial charge < -0.3 is 10.3 Å². The van der Waals surface area contributed by atoms with Crippen LogP contribution in [0, 0.1) is 5.82 Å². The molecule has 0 fully saturated rings. The van der Waals surface area contributed by atoms with Gasteiger partial charge in [0.1, 0.15) is 11.4 Å². The first-order valence-electron chi connectivity index (χ1n) is 9.42. The number of H-pyrrole nitrogens is 1. The summed E-state index contributed by atoms with van der Waals surface area (Å²) in [5.41, 5.74) is -2.92. The van der Waals surface area contributed by atoms with E-state index in [4.69, 9.17) is 0 Å². The highest BCUT2D eigenvalue weighted by Crippen LogP contribution is 2.08. The third-order valence-corrected chi connectivity index (χ3v) is 4.52. The van der Waals surface area contributed by atoms with E-state index >= 15 is 0 Å². The first-order chi connectivity index (χ1) is 15.5. The number of aromatic amines is 1. The van der Waals surface area contributed by atoms with Gasteiger partial charge in [0.25, 0.3) is 17.0 Å². The summed E-state index contributed by atoms with van der Waals surface area (Å²) in [4.78, 5) is 51.6. The van der Waals surface area contributed by atoms with Crippen molar-refractivity contribution in [1.29, 1.82) is 0 Å². The van der Waals surface area contributed by atoms with E-state index in [2.05, 4.69) is 20.5 Å². The molecule has 0 aliphatic carbocycles. The van der Waals surface area contributed by atoms with Gasteiger partial charge in [0.2, 0.25) is 0 Å². The molecule has 0 atom stereocenters. The number of halogens is 1. The van der Waals surface area contributed by atoms with Crippen LogP contribution in [0.25, 0.3) is 11.5 Å². The predicted molar refractivity (Wildman–Crippen MR) is 111 cm³/mol. The number of nitrogens with zero attached hydrogens (tertiary/aromatic N) is 5. The van der Waals surface area contributed by atoms with Crippen LogP contribution in [0.2, 0.25) is 0 Å². The maximum Gasteiger partial charge on any atom is 0.333 e. The second kappa shape index (κ2) is 8.63. The zero-order valence-electron chi connectivity index (χ0n) is 16.4. The molecule has 3 heterocycles. The molecule has 162 valence electrons. The number of hydrogen-bond acceptors (Lipinski definition) is 6. The van der Waals surface area contributed by atoms with E-state index in [0.717, 1.165) is 16.9 Å². The average Bonchev–Trinajstić information content (AvgIpc) is 3.31. The third-order valence-electron chi connectivity index (χ3n) is 4.52. The van der Waals surface area contributed by atoms with Crippen molar-refractivity contribution in [2.45, 2.75) is 6.54 Å². The molecule has 1 aromatic carbocycles. The topological polar surface area (TPSA) is 137 Å². The zero-order valence-corrected chi connectivity index (χ0v) is 16.4. The Labute approximate surface area is 178 Å². The number of hydrogen-bond donors (Lipinski definition) is 2. The monoisotopic (exact) mass is 437 g/mol. The number of nitrogens with one attached hydrogen (secondary N) is 2. The van der Waals surface area contributed by atoms with Crippen LogP contribution >= 0.6 is 0 Å². The third kappa shape index (κ3) is 4.01. The molecule has 0 unspecified atom stereocenters. The van der Waals surface area contributed by atoms with Crippen LogP contribution in [0.15, 0.2) is 75.4 Å². The van der Waals surface area contributed by atoms with Crippen LogP contribution in [0.1, 0.15) is 10.4 Å². The maximum atomic E-state index is 14.1. The number of benzene rings is 1. The van der Waals surface area contributed by atoms with Crippen LogP contribution in [0.4, 0.5) is 4.39 Å². The molecule has 0 spiro atoms. The Bertz CT molecular complexity index is 1450. The van der Waals surface area contributed by atoms with E-state index in [1.54, 1.807) is 18.5 Å². The van der Waals surface area contributed by atoms with Gasteiger partial charge in [-0.25, -0.2) is 23.1 Å². The van der Waals surface area contributed by atoms with Crippen LogP contribution in [0.3, 0.4) is 0 Å². The van der Waals surface area contributed by atoms with Crippen molar-refractivity contribution in [2.24, 2.45) is 0 Å². The molecule has 0 saturated heterocycles. The SMILES string of the molecule is O=C(NCCn1nc(-n2cccn2)ccc1=O)c1c[nH]c(=O)n(-c2ccccc2F)c1=O. The minimum Gasteiger partial charge on any atom is -0.350 e. The number of aromatic nitrogens is 6. The van der Waals surface area contributed by atoms with Crippen LogP contribution in [-0.4, -0.2) is 41.6 Å². The Morgan fingerprint density at radius 2 is 1.91 bits per heavy atom. The molecule has 32 heavy (non-hydrogen) atoms. The molecule has 1 amide bonds. The first-order valence-corrected chi connectivity index (χ1v) is 9.42. The summed E-state index contributed by atoms with van der Waals surface area (Å²) in [6.07, 6.45) is 4.19. The molecule has 0 bridgehead atoms. The lowest BCUT2D eigenvalue weighted by atomic mass is 10.2. The number of rotatable bonds is 6. The molecule has 0 aliphatic rings.